The van der Waals surface area contributed by atoms with Crippen LogP contribution in [-0.4, -0.2) is 52.6 Å². The van der Waals surface area contributed by atoms with Crippen LogP contribution in [0.2, 0.25) is 0 Å². The van der Waals surface area contributed by atoms with E-state index in [2.05, 4.69) is 25.6 Å². The summed E-state index contributed by atoms with van der Waals surface area (Å²) in [6.07, 6.45) is 0.323. The van der Waals surface area contributed by atoms with Crippen molar-refractivity contribution in [3.8, 4) is 5.69 Å². The topological polar surface area (TPSA) is 88.0 Å². The molecule has 1 aromatic carbocycles. The first-order valence-electron chi connectivity index (χ1n) is 10.9. The first-order chi connectivity index (χ1) is 16.4. The fourth-order valence-electron chi connectivity index (χ4n) is 4.10. The molecule has 3 aromatic rings. The van der Waals surface area contributed by atoms with Crippen molar-refractivity contribution in [1.82, 2.24) is 24.8 Å². The van der Waals surface area contributed by atoms with E-state index in [0.29, 0.717) is 17.2 Å². The van der Waals surface area contributed by atoms with Gasteiger partial charge in [0.1, 0.15) is 5.82 Å². The van der Waals surface area contributed by atoms with Gasteiger partial charge in [-0.3, -0.25) is 4.90 Å². The third-order valence-corrected chi connectivity index (χ3v) is 5.71. The van der Waals surface area contributed by atoms with Crippen LogP contribution in [0.5, 0.6) is 0 Å². The highest BCUT2D eigenvalue weighted by molar-refractivity contribution is 6.43. The predicted molar refractivity (Wildman–Crippen MR) is 127 cm³/mol. The molecule has 0 spiro atoms. The number of hydrogen-bond donors (Lipinski definition) is 2. The standard InChI is InChI=1S/C22H22B2F3N7O/c1-12(2)18-21(23,24)32-20(35)34(18)17-8-9-28-19(31-17)30-13(3)16-10-33(11-29-16)15-6-4-14(5-7-15)22(25,26)27/h4-13,18H,1-3H3,(H,32,35)(H,28,30,31)/t13-,18?/m0/s1. The van der Waals surface area contributed by atoms with Crippen LogP contribution < -0.4 is 15.5 Å². The lowest BCUT2D eigenvalue weighted by molar-refractivity contribution is -0.137. The number of hydrogen-bond acceptors (Lipinski definition) is 5. The molecular weight excluding hydrogens is 457 g/mol. The molecule has 1 aliphatic heterocycles. The van der Waals surface area contributed by atoms with Crippen molar-refractivity contribution in [1.29, 1.82) is 0 Å². The van der Waals surface area contributed by atoms with Crippen molar-refractivity contribution >= 4 is 33.5 Å². The summed E-state index contributed by atoms with van der Waals surface area (Å²) in [4.78, 5) is 27.0. The van der Waals surface area contributed by atoms with E-state index in [9.17, 15) is 18.0 Å². The zero-order valence-electron chi connectivity index (χ0n) is 19.3. The van der Waals surface area contributed by atoms with Crippen LogP contribution >= 0.6 is 0 Å². The fourth-order valence-corrected chi connectivity index (χ4v) is 4.10. The van der Waals surface area contributed by atoms with Crippen molar-refractivity contribution < 1.29 is 18.0 Å². The molecule has 2 aromatic heterocycles. The van der Waals surface area contributed by atoms with Gasteiger partial charge in [-0.15, -0.1) is 0 Å². The Morgan fingerprint density at radius 3 is 2.43 bits per heavy atom. The highest BCUT2D eigenvalue weighted by Gasteiger charge is 2.46. The van der Waals surface area contributed by atoms with Gasteiger partial charge in [0.25, 0.3) is 0 Å². The Morgan fingerprint density at radius 2 is 1.80 bits per heavy atom. The molecule has 2 atom stereocenters. The van der Waals surface area contributed by atoms with E-state index in [0.717, 1.165) is 12.1 Å². The highest BCUT2D eigenvalue weighted by atomic mass is 19.4. The van der Waals surface area contributed by atoms with E-state index in [1.165, 1.54) is 29.6 Å². The Morgan fingerprint density at radius 1 is 1.11 bits per heavy atom. The van der Waals surface area contributed by atoms with E-state index in [1.54, 1.807) is 16.8 Å². The molecule has 35 heavy (non-hydrogen) atoms. The van der Waals surface area contributed by atoms with Gasteiger partial charge < -0.3 is 15.2 Å². The molecule has 8 nitrogen and oxygen atoms in total. The largest absolute Gasteiger partial charge is 0.416 e. The van der Waals surface area contributed by atoms with Crippen LogP contribution in [0.1, 0.15) is 38.1 Å². The summed E-state index contributed by atoms with van der Waals surface area (Å²) in [7, 11) is 12.2. The number of nitrogens with zero attached hydrogens (tertiary/aromatic N) is 5. The zero-order chi connectivity index (χ0) is 25.5. The van der Waals surface area contributed by atoms with Crippen molar-refractivity contribution in [3.05, 3.63) is 60.3 Å². The zero-order valence-corrected chi connectivity index (χ0v) is 19.3. The van der Waals surface area contributed by atoms with Gasteiger partial charge in [0, 0.05) is 24.1 Å². The maximum Gasteiger partial charge on any atom is 0.416 e. The number of carbonyl (C=O) groups is 1. The molecule has 1 aliphatic rings. The van der Waals surface area contributed by atoms with E-state index >= 15 is 0 Å². The number of anilines is 2. The summed E-state index contributed by atoms with van der Waals surface area (Å²) < 4.78 is 40.0. The molecule has 0 bridgehead atoms. The Kier molecular flexibility index (Phi) is 6.29. The SMILES string of the molecule is [B]C1([B])NC(=O)N(c2ccnc(N[C@@H](C)c3cn(-c4ccc(C(F)(F)F)cc4)cn3)n2)C1C(C)C. The first kappa shape index (κ1) is 24.6. The van der Waals surface area contributed by atoms with Crippen LogP contribution in [-0.2, 0) is 6.18 Å². The second-order valence-electron chi connectivity index (χ2n) is 8.78. The molecule has 1 unspecified atom stereocenters. The van der Waals surface area contributed by atoms with Gasteiger partial charge in [-0.25, -0.2) is 14.8 Å². The minimum atomic E-state index is -4.40. The van der Waals surface area contributed by atoms with Gasteiger partial charge in [0.15, 0.2) is 0 Å². The minimum absolute atomic E-state index is 0.0524. The third kappa shape index (κ3) is 4.98. The normalized spacial score (nSPS) is 18.5. The smallest absolute Gasteiger partial charge is 0.347 e. The number of halogens is 3. The Hall–Kier alpha value is -3.50. The molecular formula is C22H22B2F3N7O. The lowest BCUT2D eigenvalue weighted by atomic mass is 9.56. The molecule has 4 radical (unpaired) electrons. The number of benzene rings is 1. The second kappa shape index (κ2) is 8.94. The minimum Gasteiger partial charge on any atom is -0.347 e. The van der Waals surface area contributed by atoms with E-state index in [1.807, 2.05) is 20.8 Å². The Balaban J connectivity index is 1.51. The molecule has 2 N–H and O–H groups in total. The van der Waals surface area contributed by atoms with Crippen LogP contribution in [0.15, 0.2) is 49.1 Å². The number of rotatable bonds is 6. The molecule has 13 heteroatoms. The average molecular weight is 479 g/mol. The summed E-state index contributed by atoms with van der Waals surface area (Å²) in [5, 5.41) is 4.29. The quantitative estimate of drug-likeness (QED) is 0.530. The average Bonchev–Trinajstić information content (AvgIpc) is 3.35. The van der Waals surface area contributed by atoms with Crippen LogP contribution in [0, 0.1) is 5.92 Å². The molecule has 0 saturated carbocycles. The van der Waals surface area contributed by atoms with Gasteiger partial charge in [-0.05, 0) is 48.5 Å². The Labute approximate surface area is 203 Å². The molecule has 1 saturated heterocycles. The number of urea groups is 1. The summed E-state index contributed by atoms with van der Waals surface area (Å²) in [6.45, 7) is 5.64. The molecule has 4 rings (SSSR count). The first-order valence-corrected chi connectivity index (χ1v) is 10.9. The highest BCUT2D eigenvalue weighted by Crippen LogP contribution is 2.31. The van der Waals surface area contributed by atoms with Gasteiger partial charge >= 0.3 is 12.2 Å². The molecule has 1 fully saturated rings. The number of nitrogens with one attached hydrogen (secondary N) is 2. The summed E-state index contributed by atoms with van der Waals surface area (Å²) >= 11 is 0. The summed E-state index contributed by atoms with van der Waals surface area (Å²) in [6, 6.07) is 5.04. The predicted octanol–water partition coefficient (Wildman–Crippen LogP) is 3.40. The van der Waals surface area contributed by atoms with E-state index < -0.39 is 29.2 Å². The fraction of sp³-hybridized carbons (Fsp3) is 0.364. The molecule has 0 aliphatic carbocycles. The van der Waals surface area contributed by atoms with E-state index in [-0.39, 0.29) is 17.9 Å². The molecule has 2 amide bonds. The maximum atomic E-state index is 12.8. The number of aromatic nitrogens is 4. The number of carbonyl (C=O) groups excluding carboxylic acids is 1. The lowest BCUT2D eigenvalue weighted by Crippen LogP contribution is -2.53. The number of alkyl halides is 3. The van der Waals surface area contributed by atoms with Crippen molar-refractivity contribution in [2.75, 3.05) is 10.2 Å². The lowest BCUT2D eigenvalue weighted by Gasteiger charge is -2.34. The van der Waals surface area contributed by atoms with E-state index in [4.69, 9.17) is 15.7 Å². The van der Waals surface area contributed by atoms with Crippen LogP contribution in [0.3, 0.4) is 0 Å². The van der Waals surface area contributed by atoms with Gasteiger partial charge in [0.2, 0.25) is 5.95 Å². The monoisotopic (exact) mass is 479 g/mol. The molecule has 3 heterocycles. The van der Waals surface area contributed by atoms with Crippen molar-refractivity contribution in [2.45, 2.75) is 44.4 Å². The third-order valence-electron chi connectivity index (χ3n) is 5.71. The number of amides is 2. The second-order valence-corrected chi connectivity index (χ2v) is 8.78. The van der Waals surface area contributed by atoms with Gasteiger partial charge in [-0.2, -0.15) is 18.2 Å². The summed E-state index contributed by atoms with van der Waals surface area (Å²) in [5.41, 5.74) is 0.427. The van der Waals surface area contributed by atoms with Gasteiger partial charge in [0.05, 0.1) is 39.3 Å². The van der Waals surface area contributed by atoms with Gasteiger partial charge in [-0.1, -0.05) is 13.8 Å². The van der Waals surface area contributed by atoms with Crippen molar-refractivity contribution in [3.63, 3.8) is 0 Å². The maximum absolute atomic E-state index is 12.8. The molecule has 178 valence electrons. The van der Waals surface area contributed by atoms with Crippen LogP contribution in [0.4, 0.5) is 29.7 Å². The van der Waals surface area contributed by atoms with Crippen LogP contribution in [0.25, 0.3) is 5.69 Å². The number of imidazole rings is 1. The van der Waals surface area contributed by atoms with Crippen molar-refractivity contribution in [2.24, 2.45) is 5.92 Å². The summed E-state index contributed by atoms with van der Waals surface area (Å²) in [5.74, 6) is 0.531. The Bertz CT molecular complexity index is 1210.